The van der Waals surface area contributed by atoms with Crippen LogP contribution in [0.1, 0.15) is 45.0 Å². The van der Waals surface area contributed by atoms with Crippen LogP contribution in [0, 0.1) is 0 Å². The summed E-state index contributed by atoms with van der Waals surface area (Å²) in [6, 6.07) is 15.2. The molecule has 3 rings (SSSR count). The van der Waals surface area contributed by atoms with Crippen molar-refractivity contribution in [3.63, 3.8) is 0 Å². The van der Waals surface area contributed by atoms with Crippen LogP contribution in [-0.2, 0) is 0 Å². The lowest BCUT2D eigenvalue weighted by molar-refractivity contribution is 0.0987. The molecule has 4 N–H and O–H groups in total. The summed E-state index contributed by atoms with van der Waals surface area (Å²) in [7, 11) is 0. The lowest BCUT2D eigenvalue weighted by atomic mass is 9.85. The van der Waals surface area contributed by atoms with Gasteiger partial charge in [0.15, 0.2) is 0 Å². The number of amides is 2. The minimum Gasteiger partial charge on any atom is -0.371 e. The smallest absolute Gasteiger partial charge is 0.248 e. The quantitative estimate of drug-likeness (QED) is 0.904. The van der Waals surface area contributed by atoms with Gasteiger partial charge in [-0.15, -0.1) is 0 Å². The van der Waals surface area contributed by atoms with Crippen LogP contribution in [0.2, 0.25) is 0 Å². The molecular formula is C19H21N3O2. The Bertz CT molecular complexity index is 750. The molecule has 0 spiro atoms. The summed E-state index contributed by atoms with van der Waals surface area (Å²) in [6.45, 7) is 1.79. The average molecular weight is 323 g/mol. The first-order valence-electron chi connectivity index (χ1n) is 8.10. The fourth-order valence-corrected chi connectivity index (χ4v) is 3.37. The van der Waals surface area contributed by atoms with E-state index >= 15 is 0 Å². The maximum Gasteiger partial charge on any atom is 0.248 e. The highest BCUT2D eigenvalue weighted by Crippen LogP contribution is 2.32. The number of para-hydroxylation sites is 1. The summed E-state index contributed by atoms with van der Waals surface area (Å²) in [6.07, 6.45) is 1.80. The Hall–Kier alpha value is -2.82. The van der Waals surface area contributed by atoms with Gasteiger partial charge in [0.1, 0.15) is 0 Å². The van der Waals surface area contributed by atoms with E-state index in [4.69, 9.17) is 11.5 Å². The van der Waals surface area contributed by atoms with E-state index in [0.717, 1.165) is 31.5 Å². The second-order valence-electron chi connectivity index (χ2n) is 6.13. The van der Waals surface area contributed by atoms with E-state index in [0.29, 0.717) is 11.1 Å². The molecule has 0 bridgehead atoms. The largest absolute Gasteiger partial charge is 0.371 e. The van der Waals surface area contributed by atoms with Gasteiger partial charge in [0.2, 0.25) is 11.8 Å². The fourth-order valence-electron chi connectivity index (χ4n) is 3.37. The van der Waals surface area contributed by atoms with Crippen LogP contribution in [0.4, 0.5) is 5.69 Å². The number of anilines is 1. The number of hydrogen-bond donors (Lipinski definition) is 2. The molecule has 0 aliphatic carbocycles. The van der Waals surface area contributed by atoms with Crippen LogP contribution in [-0.4, -0.2) is 24.9 Å². The molecule has 0 aromatic heterocycles. The molecule has 2 amide bonds. The molecule has 1 aliphatic heterocycles. The van der Waals surface area contributed by atoms with Gasteiger partial charge in [-0.25, -0.2) is 0 Å². The summed E-state index contributed by atoms with van der Waals surface area (Å²) >= 11 is 0. The van der Waals surface area contributed by atoms with Gasteiger partial charge in [0.05, 0.1) is 0 Å². The van der Waals surface area contributed by atoms with Gasteiger partial charge in [-0.05, 0) is 54.7 Å². The monoisotopic (exact) mass is 323 g/mol. The molecule has 0 unspecified atom stereocenters. The Morgan fingerprint density at radius 1 is 0.917 bits per heavy atom. The fraction of sp³-hybridized carbons (Fsp3) is 0.263. The molecule has 24 heavy (non-hydrogen) atoms. The van der Waals surface area contributed by atoms with Crippen LogP contribution in [0.25, 0.3) is 0 Å². The number of carbonyl (C=O) groups excluding carboxylic acids is 2. The van der Waals surface area contributed by atoms with Crippen molar-refractivity contribution in [2.45, 2.75) is 18.8 Å². The van der Waals surface area contributed by atoms with Crippen molar-refractivity contribution >= 4 is 17.5 Å². The molecule has 0 saturated carbocycles. The van der Waals surface area contributed by atoms with E-state index < -0.39 is 11.8 Å². The third-order valence-electron chi connectivity index (χ3n) is 4.66. The zero-order valence-electron chi connectivity index (χ0n) is 13.4. The zero-order valence-corrected chi connectivity index (χ0v) is 13.4. The van der Waals surface area contributed by atoms with Gasteiger partial charge >= 0.3 is 0 Å². The maximum absolute atomic E-state index is 11.7. The lowest BCUT2D eigenvalue weighted by Crippen LogP contribution is -2.33. The first-order chi connectivity index (χ1) is 11.6. The Morgan fingerprint density at radius 2 is 1.58 bits per heavy atom. The first kappa shape index (κ1) is 16.1. The topological polar surface area (TPSA) is 89.4 Å². The lowest BCUT2D eigenvalue weighted by Gasteiger charge is -2.34. The van der Waals surface area contributed by atoms with E-state index in [9.17, 15) is 9.59 Å². The highest BCUT2D eigenvalue weighted by Gasteiger charge is 2.24. The summed E-state index contributed by atoms with van der Waals surface area (Å²) in [4.78, 5) is 25.5. The molecular weight excluding hydrogens is 302 g/mol. The molecule has 0 atom stereocenters. The summed E-state index contributed by atoms with van der Waals surface area (Å²) < 4.78 is 0. The molecule has 5 nitrogen and oxygen atoms in total. The molecule has 5 heteroatoms. The molecule has 0 radical (unpaired) electrons. The maximum atomic E-state index is 11.7. The van der Waals surface area contributed by atoms with Crippen molar-refractivity contribution < 1.29 is 9.59 Å². The number of piperidine rings is 1. The molecule has 1 aliphatic rings. The minimum atomic E-state index is -0.492. The zero-order chi connectivity index (χ0) is 17.1. The minimum absolute atomic E-state index is 0.201. The summed E-state index contributed by atoms with van der Waals surface area (Å²) in [5.74, 6) is -0.757. The third kappa shape index (κ3) is 3.25. The normalized spacial score (nSPS) is 15.2. The van der Waals surface area contributed by atoms with Gasteiger partial charge in [0, 0.05) is 29.9 Å². The number of primary amides is 2. The number of rotatable bonds is 4. The summed E-state index contributed by atoms with van der Waals surface area (Å²) in [5.41, 5.74) is 13.8. The van der Waals surface area contributed by atoms with E-state index in [2.05, 4.69) is 17.0 Å². The van der Waals surface area contributed by atoms with Gasteiger partial charge in [-0.2, -0.15) is 0 Å². The van der Waals surface area contributed by atoms with E-state index in [1.54, 1.807) is 18.2 Å². The van der Waals surface area contributed by atoms with Crippen molar-refractivity contribution in [1.82, 2.24) is 0 Å². The number of nitrogens with zero attached hydrogens (tertiary/aromatic N) is 1. The highest BCUT2D eigenvalue weighted by molar-refractivity contribution is 5.98. The predicted molar refractivity (Wildman–Crippen MR) is 94.1 cm³/mol. The predicted octanol–water partition coefficient (Wildman–Crippen LogP) is 2.27. The van der Waals surface area contributed by atoms with Gasteiger partial charge in [-0.3, -0.25) is 9.59 Å². The Kier molecular flexibility index (Phi) is 4.51. The van der Waals surface area contributed by atoms with Crippen molar-refractivity contribution in [3.8, 4) is 0 Å². The Labute approximate surface area is 141 Å². The Balaban J connectivity index is 1.81. The first-order valence-corrected chi connectivity index (χ1v) is 8.10. The third-order valence-corrected chi connectivity index (χ3v) is 4.66. The second kappa shape index (κ2) is 6.74. The van der Waals surface area contributed by atoms with E-state index in [1.165, 1.54) is 5.69 Å². The van der Waals surface area contributed by atoms with Crippen molar-refractivity contribution in [3.05, 3.63) is 65.2 Å². The van der Waals surface area contributed by atoms with E-state index in [-0.39, 0.29) is 5.92 Å². The van der Waals surface area contributed by atoms with Crippen molar-refractivity contribution in [1.29, 1.82) is 0 Å². The van der Waals surface area contributed by atoms with Crippen LogP contribution >= 0.6 is 0 Å². The highest BCUT2D eigenvalue weighted by atomic mass is 16.1. The molecule has 2 aromatic carbocycles. The SMILES string of the molecule is NC(=O)c1ccc(C(N)=O)c(C2CCN(c3ccccc3)CC2)c1. The van der Waals surface area contributed by atoms with Gasteiger partial charge < -0.3 is 16.4 Å². The van der Waals surface area contributed by atoms with Gasteiger partial charge in [-0.1, -0.05) is 18.2 Å². The van der Waals surface area contributed by atoms with E-state index in [1.807, 2.05) is 18.2 Å². The number of benzene rings is 2. The van der Waals surface area contributed by atoms with Crippen molar-refractivity contribution in [2.24, 2.45) is 11.5 Å². The Morgan fingerprint density at radius 3 is 2.17 bits per heavy atom. The van der Waals surface area contributed by atoms with Crippen LogP contribution in [0.15, 0.2) is 48.5 Å². The molecule has 1 fully saturated rings. The second-order valence-corrected chi connectivity index (χ2v) is 6.13. The number of nitrogens with two attached hydrogens (primary N) is 2. The standard InChI is InChI=1S/C19H21N3O2/c20-18(23)14-6-7-16(19(21)24)17(12-14)13-8-10-22(11-9-13)15-4-2-1-3-5-15/h1-7,12-13H,8-11H2,(H2,20,23)(H2,21,24). The van der Waals surface area contributed by atoms with Crippen LogP contribution < -0.4 is 16.4 Å². The molecule has 1 saturated heterocycles. The van der Waals surface area contributed by atoms with Crippen LogP contribution in [0.3, 0.4) is 0 Å². The van der Waals surface area contributed by atoms with Gasteiger partial charge in [0.25, 0.3) is 0 Å². The molecule has 124 valence electrons. The van der Waals surface area contributed by atoms with Crippen molar-refractivity contribution in [2.75, 3.05) is 18.0 Å². The number of hydrogen-bond acceptors (Lipinski definition) is 3. The summed E-state index contributed by atoms with van der Waals surface area (Å²) in [5, 5.41) is 0. The molecule has 1 heterocycles. The average Bonchev–Trinajstić information content (AvgIpc) is 2.62. The van der Waals surface area contributed by atoms with Crippen LogP contribution in [0.5, 0.6) is 0 Å². The number of carbonyl (C=O) groups is 2. The molecule has 2 aromatic rings.